The summed E-state index contributed by atoms with van der Waals surface area (Å²) in [6.07, 6.45) is 2.15. The summed E-state index contributed by atoms with van der Waals surface area (Å²) in [4.78, 5) is 28.1. The van der Waals surface area contributed by atoms with E-state index in [2.05, 4.69) is 10.00 Å². The lowest BCUT2D eigenvalue weighted by Gasteiger charge is -2.35. The standard InChI is InChI=1S/C13H24N6O2/c1-16-12(20)11(15-17(2)13(16)21)19-9-7-18(8-10-19)6-4-3-5-14/h3-10,14H2,1-2H3. The summed E-state index contributed by atoms with van der Waals surface area (Å²) in [5, 5.41) is 4.12. The lowest BCUT2D eigenvalue weighted by Crippen LogP contribution is -2.50. The van der Waals surface area contributed by atoms with Crippen LogP contribution in [0.1, 0.15) is 12.8 Å². The summed E-state index contributed by atoms with van der Waals surface area (Å²) >= 11 is 0. The Labute approximate surface area is 123 Å². The van der Waals surface area contributed by atoms with Crippen molar-refractivity contribution in [3.63, 3.8) is 0 Å². The highest BCUT2D eigenvalue weighted by molar-refractivity contribution is 5.35. The smallest absolute Gasteiger partial charge is 0.346 e. The van der Waals surface area contributed by atoms with Crippen LogP contribution in [0.3, 0.4) is 0 Å². The Hall–Kier alpha value is -1.67. The summed E-state index contributed by atoms with van der Waals surface area (Å²) < 4.78 is 2.32. The second-order valence-corrected chi connectivity index (χ2v) is 5.42. The molecule has 0 aromatic carbocycles. The normalized spacial score (nSPS) is 16.4. The SMILES string of the molecule is Cn1nc(N2CCN(CCCCN)CC2)c(=O)n(C)c1=O. The number of nitrogens with two attached hydrogens (primary N) is 1. The van der Waals surface area contributed by atoms with E-state index in [9.17, 15) is 9.59 Å². The second-order valence-electron chi connectivity index (χ2n) is 5.42. The van der Waals surface area contributed by atoms with Crippen molar-refractivity contribution < 1.29 is 0 Å². The van der Waals surface area contributed by atoms with Crippen LogP contribution in [-0.4, -0.2) is 58.5 Å². The Kier molecular flexibility index (Phi) is 5.13. The van der Waals surface area contributed by atoms with E-state index in [0.717, 1.165) is 56.7 Å². The van der Waals surface area contributed by atoms with Gasteiger partial charge in [0, 0.05) is 40.3 Å². The molecule has 0 unspecified atom stereocenters. The Bertz CT molecular complexity index is 585. The van der Waals surface area contributed by atoms with Crippen molar-refractivity contribution >= 4 is 5.82 Å². The van der Waals surface area contributed by atoms with E-state index in [1.807, 2.05) is 4.90 Å². The van der Waals surface area contributed by atoms with Gasteiger partial charge in [0.05, 0.1) is 0 Å². The molecule has 0 saturated carbocycles. The molecule has 0 bridgehead atoms. The Balaban J connectivity index is 2.03. The van der Waals surface area contributed by atoms with Crippen molar-refractivity contribution in [2.75, 3.05) is 44.2 Å². The lowest BCUT2D eigenvalue weighted by molar-refractivity contribution is 0.252. The first-order valence-electron chi connectivity index (χ1n) is 7.36. The number of aryl methyl sites for hydroxylation is 1. The number of rotatable bonds is 5. The molecule has 0 aliphatic carbocycles. The van der Waals surface area contributed by atoms with Gasteiger partial charge in [0.2, 0.25) is 5.82 Å². The summed E-state index contributed by atoms with van der Waals surface area (Å²) in [6.45, 7) is 5.09. The Morgan fingerprint density at radius 3 is 2.38 bits per heavy atom. The molecular weight excluding hydrogens is 272 g/mol. The molecule has 21 heavy (non-hydrogen) atoms. The van der Waals surface area contributed by atoms with E-state index >= 15 is 0 Å². The molecule has 0 spiro atoms. The van der Waals surface area contributed by atoms with E-state index in [1.165, 1.54) is 11.7 Å². The van der Waals surface area contributed by atoms with Gasteiger partial charge in [-0.05, 0) is 25.9 Å². The minimum atomic E-state index is -0.399. The molecule has 1 fully saturated rings. The van der Waals surface area contributed by atoms with E-state index in [1.54, 1.807) is 7.05 Å². The van der Waals surface area contributed by atoms with Crippen LogP contribution in [0.4, 0.5) is 5.82 Å². The van der Waals surface area contributed by atoms with Gasteiger partial charge in [-0.15, -0.1) is 5.10 Å². The molecule has 0 atom stereocenters. The fourth-order valence-corrected chi connectivity index (χ4v) is 2.54. The third-order valence-electron chi connectivity index (χ3n) is 3.90. The molecule has 8 nitrogen and oxygen atoms in total. The second kappa shape index (κ2) is 6.86. The zero-order valence-electron chi connectivity index (χ0n) is 12.8. The third kappa shape index (κ3) is 3.51. The highest BCUT2D eigenvalue weighted by Gasteiger charge is 2.21. The molecular formula is C13H24N6O2. The van der Waals surface area contributed by atoms with Crippen molar-refractivity contribution in [3.8, 4) is 0 Å². The van der Waals surface area contributed by atoms with Crippen molar-refractivity contribution in [3.05, 3.63) is 20.8 Å². The maximum absolute atomic E-state index is 12.2. The molecule has 1 saturated heterocycles. The van der Waals surface area contributed by atoms with Gasteiger partial charge in [-0.25, -0.2) is 9.48 Å². The molecule has 118 valence electrons. The molecule has 8 heteroatoms. The highest BCUT2D eigenvalue weighted by atomic mass is 16.2. The van der Waals surface area contributed by atoms with Gasteiger partial charge in [0.25, 0.3) is 5.56 Å². The number of unbranched alkanes of at least 4 members (excludes halogenated alkanes) is 1. The number of anilines is 1. The largest absolute Gasteiger partial charge is 0.348 e. The molecule has 2 heterocycles. The van der Waals surface area contributed by atoms with Crippen LogP contribution in [0.15, 0.2) is 9.59 Å². The first-order valence-corrected chi connectivity index (χ1v) is 7.36. The molecule has 2 rings (SSSR count). The summed E-state index contributed by atoms with van der Waals surface area (Å²) in [5.74, 6) is 0.362. The molecule has 1 aliphatic rings. The maximum atomic E-state index is 12.2. The van der Waals surface area contributed by atoms with Gasteiger partial charge < -0.3 is 10.6 Å². The first kappa shape index (κ1) is 15.7. The van der Waals surface area contributed by atoms with Crippen LogP contribution >= 0.6 is 0 Å². The lowest BCUT2D eigenvalue weighted by atomic mass is 10.2. The summed E-state index contributed by atoms with van der Waals surface area (Å²) in [6, 6.07) is 0. The number of hydrogen-bond donors (Lipinski definition) is 1. The van der Waals surface area contributed by atoms with E-state index in [0.29, 0.717) is 5.82 Å². The average molecular weight is 296 g/mol. The molecule has 1 aromatic rings. The third-order valence-corrected chi connectivity index (χ3v) is 3.90. The highest BCUT2D eigenvalue weighted by Crippen LogP contribution is 2.08. The van der Waals surface area contributed by atoms with E-state index in [-0.39, 0.29) is 5.56 Å². The predicted molar refractivity (Wildman–Crippen MR) is 81.7 cm³/mol. The van der Waals surface area contributed by atoms with E-state index in [4.69, 9.17) is 5.73 Å². The van der Waals surface area contributed by atoms with Crippen molar-refractivity contribution in [1.82, 2.24) is 19.2 Å². The first-order chi connectivity index (χ1) is 10.0. The van der Waals surface area contributed by atoms with Crippen molar-refractivity contribution in [2.45, 2.75) is 12.8 Å². The van der Waals surface area contributed by atoms with Gasteiger partial charge in [-0.2, -0.15) is 0 Å². The number of hydrogen-bond acceptors (Lipinski definition) is 6. The minimum absolute atomic E-state index is 0.324. The molecule has 0 radical (unpaired) electrons. The quantitative estimate of drug-likeness (QED) is 0.654. The van der Waals surface area contributed by atoms with Gasteiger partial charge in [0.15, 0.2) is 0 Å². The Morgan fingerprint density at radius 2 is 1.76 bits per heavy atom. The zero-order valence-corrected chi connectivity index (χ0v) is 12.8. The molecule has 1 aliphatic heterocycles. The average Bonchev–Trinajstić information content (AvgIpc) is 2.50. The topological polar surface area (TPSA) is 89.4 Å². The van der Waals surface area contributed by atoms with Gasteiger partial charge in [0.1, 0.15) is 0 Å². The van der Waals surface area contributed by atoms with Crippen LogP contribution in [0.25, 0.3) is 0 Å². The van der Waals surface area contributed by atoms with Crippen LogP contribution in [0, 0.1) is 0 Å². The van der Waals surface area contributed by atoms with Crippen molar-refractivity contribution in [1.29, 1.82) is 0 Å². The minimum Gasteiger partial charge on any atom is -0.348 e. The number of aromatic nitrogens is 3. The molecule has 1 aromatic heterocycles. The number of nitrogens with zero attached hydrogens (tertiary/aromatic N) is 5. The predicted octanol–water partition coefficient (Wildman–Crippen LogP) is -1.66. The van der Waals surface area contributed by atoms with Gasteiger partial charge in [-0.1, -0.05) is 0 Å². The zero-order chi connectivity index (χ0) is 15.4. The molecule has 0 amide bonds. The van der Waals surface area contributed by atoms with E-state index < -0.39 is 5.69 Å². The van der Waals surface area contributed by atoms with Crippen LogP contribution in [-0.2, 0) is 14.1 Å². The van der Waals surface area contributed by atoms with Gasteiger partial charge in [-0.3, -0.25) is 14.3 Å². The van der Waals surface area contributed by atoms with Crippen LogP contribution in [0.5, 0.6) is 0 Å². The summed E-state index contributed by atoms with van der Waals surface area (Å²) in [5.41, 5.74) is 4.78. The van der Waals surface area contributed by atoms with Crippen LogP contribution < -0.4 is 21.9 Å². The maximum Gasteiger partial charge on any atom is 0.346 e. The van der Waals surface area contributed by atoms with Gasteiger partial charge >= 0.3 is 5.69 Å². The fraction of sp³-hybridized carbons (Fsp3) is 0.769. The Morgan fingerprint density at radius 1 is 1.10 bits per heavy atom. The van der Waals surface area contributed by atoms with Crippen LogP contribution in [0.2, 0.25) is 0 Å². The summed E-state index contributed by atoms with van der Waals surface area (Å²) in [7, 11) is 3.05. The number of piperazine rings is 1. The molecule has 2 N–H and O–H groups in total. The van der Waals surface area contributed by atoms with Crippen molar-refractivity contribution in [2.24, 2.45) is 19.8 Å². The fourth-order valence-electron chi connectivity index (χ4n) is 2.54. The monoisotopic (exact) mass is 296 g/mol.